The third-order valence-electron chi connectivity index (χ3n) is 5.15. The molecule has 0 spiro atoms. The number of carbonyl (C=O) groups is 2. The van der Waals surface area contributed by atoms with Crippen LogP contribution in [0.3, 0.4) is 0 Å². The highest BCUT2D eigenvalue weighted by atomic mass is 32.2. The van der Waals surface area contributed by atoms with Gasteiger partial charge in [0.1, 0.15) is 6.04 Å². The van der Waals surface area contributed by atoms with E-state index in [0.717, 1.165) is 31.2 Å². The van der Waals surface area contributed by atoms with E-state index in [1.165, 1.54) is 25.5 Å². The highest BCUT2D eigenvalue weighted by Gasteiger charge is 2.32. The number of amides is 1. The predicted octanol–water partition coefficient (Wildman–Crippen LogP) is 2.68. The van der Waals surface area contributed by atoms with E-state index in [-0.39, 0.29) is 22.8 Å². The van der Waals surface area contributed by atoms with Crippen LogP contribution in [0.25, 0.3) is 0 Å². The summed E-state index contributed by atoms with van der Waals surface area (Å²) in [6, 6.07) is 5.37. The average molecular weight is 425 g/mol. The van der Waals surface area contributed by atoms with Crippen LogP contribution in [0, 0.1) is 12.8 Å². The summed E-state index contributed by atoms with van der Waals surface area (Å²) in [6.07, 6.45) is 4.20. The molecule has 8 heteroatoms. The van der Waals surface area contributed by atoms with Crippen LogP contribution in [-0.4, -0.2) is 38.5 Å². The Balaban J connectivity index is 2.00. The molecule has 0 aliphatic heterocycles. The van der Waals surface area contributed by atoms with Crippen LogP contribution < -0.4 is 10.0 Å². The van der Waals surface area contributed by atoms with Crippen molar-refractivity contribution in [3.05, 3.63) is 29.8 Å². The van der Waals surface area contributed by atoms with Crippen molar-refractivity contribution in [2.45, 2.75) is 82.9 Å². The van der Waals surface area contributed by atoms with Gasteiger partial charge in [-0.3, -0.25) is 9.59 Å². The molecule has 2 rings (SSSR count). The van der Waals surface area contributed by atoms with Gasteiger partial charge in [-0.15, -0.1) is 0 Å². The first-order valence-electron chi connectivity index (χ1n) is 10.2. The van der Waals surface area contributed by atoms with E-state index in [2.05, 4.69) is 10.0 Å². The van der Waals surface area contributed by atoms with Gasteiger partial charge in [0.25, 0.3) is 5.91 Å². The van der Waals surface area contributed by atoms with Crippen molar-refractivity contribution in [3.63, 3.8) is 0 Å². The van der Waals surface area contributed by atoms with Gasteiger partial charge in [0.2, 0.25) is 10.0 Å². The Morgan fingerprint density at radius 3 is 2.17 bits per heavy atom. The lowest BCUT2D eigenvalue weighted by atomic mass is 9.95. The van der Waals surface area contributed by atoms with Crippen LogP contribution >= 0.6 is 0 Å². The number of nitrogens with one attached hydrogen (secondary N) is 2. The molecule has 0 aromatic heterocycles. The predicted molar refractivity (Wildman–Crippen MR) is 111 cm³/mol. The Kier molecular flexibility index (Phi) is 8.22. The van der Waals surface area contributed by atoms with Crippen molar-refractivity contribution < 1.29 is 22.7 Å². The van der Waals surface area contributed by atoms with E-state index >= 15 is 0 Å². The van der Waals surface area contributed by atoms with Gasteiger partial charge in [-0.25, -0.2) is 8.42 Å². The van der Waals surface area contributed by atoms with E-state index in [4.69, 9.17) is 4.74 Å². The minimum absolute atomic E-state index is 0.0737. The summed E-state index contributed by atoms with van der Waals surface area (Å²) in [6.45, 7) is 6.80. The summed E-state index contributed by atoms with van der Waals surface area (Å²) in [5.41, 5.74) is 0.932. The molecule has 2 unspecified atom stereocenters. The summed E-state index contributed by atoms with van der Waals surface area (Å²) < 4.78 is 33.0. The zero-order valence-corrected chi connectivity index (χ0v) is 18.4. The van der Waals surface area contributed by atoms with Gasteiger partial charge in [-0.2, -0.15) is 4.72 Å². The van der Waals surface area contributed by atoms with Crippen LogP contribution in [0.2, 0.25) is 0 Å². The number of aryl methyl sites for hydroxylation is 1. The summed E-state index contributed by atoms with van der Waals surface area (Å²) in [5, 5.41) is 2.92. The molecule has 0 bridgehead atoms. The zero-order chi connectivity index (χ0) is 21.6. The van der Waals surface area contributed by atoms with Gasteiger partial charge < -0.3 is 10.1 Å². The summed E-state index contributed by atoms with van der Waals surface area (Å²) >= 11 is 0. The Morgan fingerprint density at radius 1 is 1.03 bits per heavy atom. The van der Waals surface area contributed by atoms with Crippen molar-refractivity contribution >= 4 is 21.9 Å². The molecule has 1 saturated carbocycles. The number of hydrogen-bond donors (Lipinski definition) is 2. The van der Waals surface area contributed by atoms with E-state index in [9.17, 15) is 18.0 Å². The van der Waals surface area contributed by atoms with E-state index in [1.807, 2.05) is 6.92 Å². The monoisotopic (exact) mass is 424 g/mol. The van der Waals surface area contributed by atoms with Crippen LogP contribution in [-0.2, 0) is 24.3 Å². The maximum absolute atomic E-state index is 12.6. The molecule has 1 aliphatic rings. The number of hydrogen-bond acceptors (Lipinski definition) is 5. The Labute approximate surface area is 173 Å². The molecular weight excluding hydrogens is 392 g/mol. The van der Waals surface area contributed by atoms with Gasteiger partial charge in [-0.1, -0.05) is 50.8 Å². The highest BCUT2D eigenvalue weighted by Crippen LogP contribution is 2.18. The number of ether oxygens (including phenoxy) is 1. The quantitative estimate of drug-likeness (QED) is 0.625. The van der Waals surface area contributed by atoms with Crippen molar-refractivity contribution in [2.75, 3.05) is 0 Å². The van der Waals surface area contributed by atoms with E-state index < -0.39 is 28.1 Å². The lowest BCUT2D eigenvalue weighted by Gasteiger charge is -2.26. The van der Waals surface area contributed by atoms with Crippen molar-refractivity contribution in [2.24, 2.45) is 5.92 Å². The average Bonchev–Trinajstić information content (AvgIpc) is 2.67. The molecule has 0 heterocycles. The summed E-state index contributed by atoms with van der Waals surface area (Å²) in [4.78, 5) is 25.1. The third-order valence-corrected chi connectivity index (χ3v) is 6.60. The van der Waals surface area contributed by atoms with E-state index in [1.54, 1.807) is 26.0 Å². The standard InChI is InChI=1S/C21H32N2O5S/c1-14(2)19(23-29(26,27)18-12-10-15(3)11-13-18)21(25)28-16(4)20(24)22-17-8-6-5-7-9-17/h10-14,16-17,19,23H,5-9H2,1-4H3,(H,22,24). The molecule has 1 amide bonds. The molecule has 29 heavy (non-hydrogen) atoms. The molecule has 162 valence electrons. The number of sulfonamides is 1. The molecule has 1 aromatic rings. The highest BCUT2D eigenvalue weighted by molar-refractivity contribution is 7.89. The second-order valence-electron chi connectivity index (χ2n) is 8.08. The number of benzene rings is 1. The Bertz CT molecular complexity index is 799. The molecule has 7 nitrogen and oxygen atoms in total. The van der Waals surface area contributed by atoms with Gasteiger partial charge >= 0.3 is 5.97 Å². The topological polar surface area (TPSA) is 102 Å². The normalized spacial score (nSPS) is 17.6. The SMILES string of the molecule is Cc1ccc(S(=O)(=O)NC(C(=O)OC(C)C(=O)NC2CCCCC2)C(C)C)cc1. The molecular formula is C21H32N2O5S. The van der Waals surface area contributed by atoms with Gasteiger partial charge in [0, 0.05) is 6.04 Å². The maximum Gasteiger partial charge on any atom is 0.325 e. The minimum atomic E-state index is -3.90. The molecule has 2 atom stereocenters. The largest absolute Gasteiger partial charge is 0.451 e. The minimum Gasteiger partial charge on any atom is -0.451 e. The fourth-order valence-corrected chi connectivity index (χ4v) is 4.61. The molecule has 1 fully saturated rings. The van der Waals surface area contributed by atoms with E-state index in [0.29, 0.717) is 0 Å². The molecule has 0 radical (unpaired) electrons. The molecule has 0 saturated heterocycles. The first-order chi connectivity index (χ1) is 13.6. The van der Waals surface area contributed by atoms with Crippen molar-refractivity contribution in [3.8, 4) is 0 Å². The van der Waals surface area contributed by atoms with Crippen molar-refractivity contribution in [1.29, 1.82) is 0 Å². The number of esters is 1. The fraction of sp³-hybridized carbons (Fsp3) is 0.619. The fourth-order valence-electron chi connectivity index (χ4n) is 3.28. The Morgan fingerprint density at radius 2 is 1.62 bits per heavy atom. The first-order valence-corrected chi connectivity index (χ1v) is 11.7. The smallest absolute Gasteiger partial charge is 0.325 e. The Hall–Kier alpha value is -1.93. The molecule has 1 aliphatic carbocycles. The first kappa shape index (κ1) is 23.3. The summed E-state index contributed by atoms with van der Waals surface area (Å²) in [7, 11) is -3.90. The van der Waals surface area contributed by atoms with Crippen LogP contribution in [0.15, 0.2) is 29.2 Å². The number of rotatable bonds is 8. The van der Waals surface area contributed by atoms with Crippen LogP contribution in [0.5, 0.6) is 0 Å². The molecule has 2 N–H and O–H groups in total. The van der Waals surface area contributed by atoms with Gasteiger partial charge in [0.15, 0.2) is 6.10 Å². The van der Waals surface area contributed by atoms with Crippen LogP contribution in [0.4, 0.5) is 0 Å². The maximum atomic E-state index is 12.6. The van der Waals surface area contributed by atoms with Crippen LogP contribution in [0.1, 0.15) is 58.4 Å². The van der Waals surface area contributed by atoms with Gasteiger partial charge in [0.05, 0.1) is 4.90 Å². The van der Waals surface area contributed by atoms with Crippen molar-refractivity contribution in [1.82, 2.24) is 10.0 Å². The number of carbonyl (C=O) groups excluding carboxylic acids is 2. The third kappa shape index (κ3) is 6.82. The second kappa shape index (κ2) is 10.2. The van der Waals surface area contributed by atoms with Gasteiger partial charge in [-0.05, 0) is 44.7 Å². The summed E-state index contributed by atoms with van der Waals surface area (Å²) in [5.74, 6) is -1.47. The lowest BCUT2D eigenvalue weighted by molar-refractivity contribution is -0.157. The zero-order valence-electron chi connectivity index (χ0n) is 17.6. The lowest BCUT2D eigenvalue weighted by Crippen LogP contribution is -2.48. The second-order valence-corrected chi connectivity index (χ2v) is 9.79. The molecule has 1 aromatic carbocycles.